The molecule has 0 saturated carbocycles. The Kier molecular flexibility index (Phi) is 4.94. The highest BCUT2D eigenvalue weighted by molar-refractivity contribution is 6.19. The molecule has 2 nitrogen and oxygen atoms in total. The van der Waals surface area contributed by atoms with E-state index in [0.717, 1.165) is 5.56 Å². The molecule has 134 valence electrons. The van der Waals surface area contributed by atoms with Crippen LogP contribution in [0.2, 0.25) is 0 Å². The van der Waals surface area contributed by atoms with Crippen LogP contribution in [0.1, 0.15) is 31.8 Å². The van der Waals surface area contributed by atoms with Gasteiger partial charge in [0.05, 0.1) is 0 Å². The summed E-state index contributed by atoms with van der Waals surface area (Å²) in [5.74, 6) is -0.190. The van der Waals surface area contributed by atoms with E-state index in [1.165, 1.54) is 0 Å². The summed E-state index contributed by atoms with van der Waals surface area (Å²) in [6, 6.07) is 33.3. The van der Waals surface area contributed by atoms with E-state index >= 15 is 0 Å². The fourth-order valence-electron chi connectivity index (χ4n) is 3.34. The number of rotatable bonds is 5. The summed E-state index contributed by atoms with van der Waals surface area (Å²) < 4.78 is 0. The third-order valence-corrected chi connectivity index (χ3v) is 4.69. The van der Waals surface area contributed by atoms with Crippen LogP contribution in [0.4, 0.5) is 0 Å². The van der Waals surface area contributed by atoms with Crippen molar-refractivity contribution in [3.63, 3.8) is 0 Å². The molecule has 4 aromatic carbocycles. The summed E-state index contributed by atoms with van der Waals surface area (Å²) in [4.78, 5) is 26.5. The van der Waals surface area contributed by atoms with Gasteiger partial charge < -0.3 is 0 Å². The van der Waals surface area contributed by atoms with Crippen molar-refractivity contribution in [1.82, 2.24) is 0 Å². The molecule has 0 saturated heterocycles. The fourth-order valence-corrected chi connectivity index (χ4v) is 3.34. The molecule has 28 heavy (non-hydrogen) atoms. The first kappa shape index (κ1) is 17.6. The Balaban J connectivity index is 1.93. The molecule has 0 heterocycles. The Morgan fingerprint density at radius 1 is 0.429 bits per heavy atom. The zero-order valence-corrected chi connectivity index (χ0v) is 15.2. The van der Waals surface area contributed by atoms with Crippen molar-refractivity contribution in [2.75, 3.05) is 0 Å². The van der Waals surface area contributed by atoms with Gasteiger partial charge in [0.1, 0.15) is 0 Å². The van der Waals surface area contributed by atoms with E-state index in [2.05, 4.69) is 0 Å². The first-order chi connectivity index (χ1) is 13.8. The molecule has 0 bridgehead atoms. The molecule has 2 heteroatoms. The van der Waals surface area contributed by atoms with E-state index in [9.17, 15) is 9.59 Å². The third-order valence-electron chi connectivity index (χ3n) is 4.69. The summed E-state index contributed by atoms with van der Waals surface area (Å²) in [5.41, 5.74) is 3.78. The van der Waals surface area contributed by atoms with Gasteiger partial charge in [-0.3, -0.25) is 9.59 Å². The minimum absolute atomic E-state index is 0.0952. The maximum absolute atomic E-state index is 13.2. The molecule has 0 unspecified atom stereocenters. The minimum atomic E-state index is -0.0952. The number of carbonyl (C=O) groups is 2. The number of benzene rings is 4. The lowest BCUT2D eigenvalue weighted by Gasteiger charge is -2.14. The van der Waals surface area contributed by atoms with Gasteiger partial charge >= 0.3 is 0 Å². The van der Waals surface area contributed by atoms with Crippen molar-refractivity contribution >= 4 is 11.6 Å². The summed E-state index contributed by atoms with van der Waals surface area (Å²) in [5, 5.41) is 0. The average molecular weight is 362 g/mol. The molecule has 0 radical (unpaired) electrons. The highest BCUT2D eigenvalue weighted by Gasteiger charge is 2.21. The summed E-state index contributed by atoms with van der Waals surface area (Å²) in [7, 11) is 0. The van der Waals surface area contributed by atoms with Crippen LogP contribution in [0.5, 0.6) is 0 Å². The molecule has 4 aromatic rings. The predicted octanol–water partition coefficient (Wildman–Crippen LogP) is 5.82. The zero-order valence-electron chi connectivity index (χ0n) is 15.2. The van der Waals surface area contributed by atoms with Crippen LogP contribution in [0.25, 0.3) is 11.1 Å². The summed E-state index contributed by atoms with van der Waals surface area (Å²) >= 11 is 0. The van der Waals surface area contributed by atoms with Crippen molar-refractivity contribution in [3.05, 3.63) is 131 Å². The van der Waals surface area contributed by atoms with Crippen molar-refractivity contribution in [2.45, 2.75) is 0 Å². The summed E-state index contributed by atoms with van der Waals surface area (Å²) in [6.45, 7) is 0. The highest BCUT2D eigenvalue weighted by atomic mass is 16.1. The average Bonchev–Trinajstić information content (AvgIpc) is 2.79. The monoisotopic (exact) mass is 362 g/mol. The highest BCUT2D eigenvalue weighted by Crippen LogP contribution is 2.31. The Morgan fingerprint density at radius 3 is 1.25 bits per heavy atom. The molecule has 0 aromatic heterocycles. The van der Waals surface area contributed by atoms with Gasteiger partial charge in [-0.05, 0) is 5.56 Å². The van der Waals surface area contributed by atoms with Crippen LogP contribution in [-0.2, 0) is 0 Å². The quantitative estimate of drug-likeness (QED) is 0.420. The molecule has 0 fully saturated rings. The van der Waals surface area contributed by atoms with Crippen molar-refractivity contribution < 1.29 is 9.59 Å². The Morgan fingerprint density at radius 2 is 0.821 bits per heavy atom. The van der Waals surface area contributed by atoms with E-state index < -0.39 is 0 Å². The van der Waals surface area contributed by atoms with Crippen LogP contribution in [0.15, 0.2) is 109 Å². The standard InChI is InChI=1S/C26H18O2/c27-25(20-13-6-2-7-14-20)22-17-10-18-23(24(22)19-11-4-1-5-12-19)26(28)21-15-8-3-9-16-21/h1-18H. The smallest absolute Gasteiger partial charge is 0.193 e. The van der Waals surface area contributed by atoms with Crippen LogP contribution in [0, 0.1) is 0 Å². The summed E-state index contributed by atoms with van der Waals surface area (Å²) in [6.07, 6.45) is 0. The van der Waals surface area contributed by atoms with Gasteiger partial charge in [0.2, 0.25) is 0 Å². The lowest BCUT2D eigenvalue weighted by Crippen LogP contribution is -2.09. The Bertz CT molecular complexity index is 1050. The normalized spacial score (nSPS) is 10.4. The van der Waals surface area contributed by atoms with Crippen molar-refractivity contribution in [2.24, 2.45) is 0 Å². The van der Waals surface area contributed by atoms with E-state index in [-0.39, 0.29) is 11.6 Å². The maximum atomic E-state index is 13.2. The third kappa shape index (κ3) is 3.40. The maximum Gasteiger partial charge on any atom is 0.193 e. The molecule has 0 aliphatic heterocycles. The molecule has 0 N–H and O–H groups in total. The Labute approximate surface area is 164 Å². The number of hydrogen-bond donors (Lipinski definition) is 0. The number of ketones is 2. The SMILES string of the molecule is O=C(c1ccccc1)c1cccc(C(=O)c2ccccc2)c1-c1ccccc1. The Hall–Kier alpha value is -3.78. The first-order valence-corrected chi connectivity index (χ1v) is 9.13. The topological polar surface area (TPSA) is 34.1 Å². The van der Waals surface area contributed by atoms with Crippen LogP contribution in [0.3, 0.4) is 0 Å². The second-order valence-electron chi connectivity index (χ2n) is 6.48. The second-order valence-corrected chi connectivity index (χ2v) is 6.48. The molecule has 0 aliphatic rings. The van der Waals surface area contributed by atoms with Gasteiger partial charge in [-0.1, -0.05) is 109 Å². The van der Waals surface area contributed by atoms with Gasteiger partial charge in [0.15, 0.2) is 11.6 Å². The van der Waals surface area contributed by atoms with Crippen molar-refractivity contribution in [1.29, 1.82) is 0 Å². The van der Waals surface area contributed by atoms with Gasteiger partial charge in [-0.2, -0.15) is 0 Å². The zero-order chi connectivity index (χ0) is 19.3. The van der Waals surface area contributed by atoms with Crippen LogP contribution >= 0.6 is 0 Å². The second kappa shape index (κ2) is 7.85. The van der Waals surface area contributed by atoms with E-state index in [4.69, 9.17) is 0 Å². The molecule has 0 amide bonds. The van der Waals surface area contributed by atoms with E-state index in [1.807, 2.05) is 66.7 Å². The van der Waals surface area contributed by atoms with Crippen LogP contribution < -0.4 is 0 Å². The molecule has 0 aliphatic carbocycles. The van der Waals surface area contributed by atoms with E-state index in [0.29, 0.717) is 27.8 Å². The molecule has 0 spiro atoms. The lowest BCUT2D eigenvalue weighted by atomic mass is 9.87. The van der Waals surface area contributed by atoms with E-state index in [1.54, 1.807) is 42.5 Å². The fraction of sp³-hybridized carbons (Fsp3) is 0. The van der Waals surface area contributed by atoms with Gasteiger partial charge in [-0.25, -0.2) is 0 Å². The van der Waals surface area contributed by atoms with Gasteiger partial charge in [0.25, 0.3) is 0 Å². The lowest BCUT2D eigenvalue weighted by molar-refractivity contribution is 0.103. The van der Waals surface area contributed by atoms with Crippen molar-refractivity contribution in [3.8, 4) is 11.1 Å². The molecular formula is C26H18O2. The van der Waals surface area contributed by atoms with Gasteiger partial charge in [-0.15, -0.1) is 0 Å². The van der Waals surface area contributed by atoms with Gasteiger partial charge in [0, 0.05) is 27.8 Å². The minimum Gasteiger partial charge on any atom is -0.289 e. The predicted molar refractivity (Wildman–Crippen MR) is 112 cm³/mol. The molecular weight excluding hydrogens is 344 g/mol. The molecule has 0 atom stereocenters. The number of hydrogen-bond acceptors (Lipinski definition) is 2. The molecule has 4 rings (SSSR count). The van der Waals surface area contributed by atoms with Crippen LogP contribution in [-0.4, -0.2) is 11.6 Å². The number of carbonyl (C=O) groups excluding carboxylic acids is 2. The largest absolute Gasteiger partial charge is 0.289 e. The first-order valence-electron chi connectivity index (χ1n) is 9.13.